The average molecular weight is 428 g/mol. The molecule has 4 heteroatoms. The van der Waals surface area contributed by atoms with E-state index >= 15 is 0 Å². The van der Waals surface area contributed by atoms with Crippen LogP contribution >= 0.6 is 22.6 Å². The van der Waals surface area contributed by atoms with Crippen molar-refractivity contribution in [3.8, 4) is 5.75 Å². The lowest BCUT2D eigenvalue weighted by molar-refractivity contribution is 0.306. The molecule has 0 unspecified atom stereocenters. The maximum absolute atomic E-state index is 12.0. The molecule has 0 saturated carbocycles. The van der Waals surface area contributed by atoms with Gasteiger partial charge in [0.1, 0.15) is 17.9 Å². The monoisotopic (exact) mass is 428 g/mol. The van der Waals surface area contributed by atoms with E-state index in [0.717, 1.165) is 31.0 Å². The van der Waals surface area contributed by atoms with Crippen LogP contribution in [0.25, 0.3) is 21.7 Å². The summed E-state index contributed by atoms with van der Waals surface area (Å²) >= 11 is 2.25. The Morgan fingerprint density at radius 1 is 0.917 bits per heavy atom. The first-order chi connectivity index (χ1) is 11.7. The summed E-state index contributed by atoms with van der Waals surface area (Å²) < 4.78 is 12.5. The lowest BCUT2D eigenvalue weighted by Gasteiger charge is -2.09. The minimum absolute atomic E-state index is 0.320. The quantitative estimate of drug-likeness (QED) is 0.258. The van der Waals surface area contributed by atoms with E-state index in [1.54, 1.807) is 0 Å². The highest BCUT2D eigenvalue weighted by molar-refractivity contribution is 14.1. The molecule has 4 rings (SSSR count). The lowest BCUT2D eigenvalue weighted by atomic mass is 10.0. The van der Waals surface area contributed by atoms with E-state index in [4.69, 9.17) is 9.15 Å². The van der Waals surface area contributed by atoms with Gasteiger partial charge in [-0.3, -0.25) is 0 Å². The maximum atomic E-state index is 12.0. The molecular formula is C20H13IO3. The van der Waals surface area contributed by atoms with Crippen molar-refractivity contribution in [1.29, 1.82) is 0 Å². The fraction of sp³-hybridized carbons (Fsp3) is 0.0500. The molecule has 0 amide bonds. The molecule has 0 atom stereocenters. The topological polar surface area (TPSA) is 39.4 Å². The third-order valence-electron chi connectivity index (χ3n) is 3.93. The minimum atomic E-state index is -0.361. The second-order valence-corrected chi connectivity index (χ2v) is 6.74. The molecule has 1 aromatic heterocycles. The number of halogens is 1. The third-order valence-corrected chi connectivity index (χ3v) is 4.65. The third kappa shape index (κ3) is 2.89. The fourth-order valence-electron chi connectivity index (χ4n) is 2.77. The Morgan fingerprint density at radius 2 is 1.71 bits per heavy atom. The molecule has 3 nitrogen and oxygen atoms in total. The smallest absolute Gasteiger partial charge is 0.336 e. The SMILES string of the molecule is O=c1cc(COc2ccc(I)cc2)c2ccc3ccccc3c2o1. The number of ether oxygens (including phenoxy) is 1. The molecule has 0 aliphatic heterocycles. The molecule has 1 heterocycles. The van der Waals surface area contributed by atoms with Crippen LogP contribution in [0.3, 0.4) is 0 Å². The van der Waals surface area contributed by atoms with Crippen molar-refractivity contribution < 1.29 is 9.15 Å². The molecule has 0 spiro atoms. The van der Waals surface area contributed by atoms with Gasteiger partial charge in [0.05, 0.1) is 0 Å². The van der Waals surface area contributed by atoms with E-state index in [9.17, 15) is 4.79 Å². The van der Waals surface area contributed by atoms with Crippen molar-refractivity contribution >= 4 is 44.3 Å². The Balaban J connectivity index is 1.78. The minimum Gasteiger partial charge on any atom is -0.489 e. The molecule has 0 N–H and O–H groups in total. The summed E-state index contributed by atoms with van der Waals surface area (Å²) in [5.41, 5.74) is 1.08. The first-order valence-electron chi connectivity index (χ1n) is 7.53. The molecule has 0 bridgehead atoms. The molecule has 3 aromatic carbocycles. The van der Waals surface area contributed by atoms with E-state index in [1.165, 1.54) is 6.07 Å². The van der Waals surface area contributed by atoms with Crippen LogP contribution in [-0.2, 0) is 6.61 Å². The Kier molecular flexibility index (Phi) is 3.98. The van der Waals surface area contributed by atoms with Gasteiger partial charge in [-0.15, -0.1) is 0 Å². The van der Waals surface area contributed by atoms with Crippen LogP contribution in [0.15, 0.2) is 75.9 Å². The summed E-state index contributed by atoms with van der Waals surface area (Å²) in [5.74, 6) is 0.776. The van der Waals surface area contributed by atoms with Crippen LogP contribution in [-0.4, -0.2) is 0 Å². The molecule has 24 heavy (non-hydrogen) atoms. The molecule has 118 valence electrons. The number of hydrogen-bond acceptors (Lipinski definition) is 3. The highest BCUT2D eigenvalue weighted by Gasteiger charge is 2.09. The first-order valence-corrected chi connectivity index (χ1v) is 8.61. The summed E-state index contributed by atoms with van der Waals surface area (Å²) in [6.45, 7) is 0.320. The van der Waals surface area contributed by atoms with Crippen molar-refractivity contribution in [3.63, 3.8) is 0 Å². The van der Waals surface area contributed by atoms with E-state index in [0.29, 0.717) is 12.2 Å². The van der Waals surface area contributed by atoms with Gasteiger partial charge >= 0.3 is 5.63 Å². The molecule has 4 aromatic rings. The Morgan fingerprint density at radius 3 is 2.54 bits per heavy atom. The fourth-order valence-corrected chi connectivity index (χ4v) is 3.13. The second-order valence-electron chi connectivity index (χ2n) is 5.50. The van der Waals surface area contributed by atoms with Crippen molar-refractivity contribution in [2.75, 3.05) is 0 Å². The normalized spacial score (nSPS) is 11.0. The standard InChI is InChI=1S/C20H13IO3/c21-15-6-8-16(9-7-15)23-12-14-11-19(22)24-20-17-4-2-1-3-13(17)5-10-18(14)20/h1-11H,12H2. The van der Waals surface area contributed by atoms with E-state index < -0.39 is 0 Å². The van der Waals surface area contributed by atoms with E-state index in [2.05, 4.69) is 22.6 Å². The van der Waals surface area contributed by atoms with Crippen LogP contribution in [0.4, 0.5) is 0 Å². The van der Waals surface area contributed by atoms with Crippen LogP contribution in [0.2, 0.25) is 0 Å². The van der Waals surface area contributed by atoms with Gasteiger partial charge in [0.15, 0.2) is 0 Å². The maximum Gasteiger partial charge on any atom is 0.336 e. The van der Waals surface area contributed by atoms with Gasteiger partial charge in [-0.1, -0.05) is 36.4 Å². The molecule has 0 radical (unpaired) electrons. The Hall–Kier alpha value is -2.34. The van der Waals surface area contributed by atoms with Gasteiger partial charge in [-0.2, -0.15) is 0 Å². The van der Waals surface area contributed by atoms with Crippen LogP contribution in [0.5, 0.6) is 5.75 Å². The Bertz CT molecular complexity index is 1080. The van der Waals surface area contributed by atoms with Gasteiger partial charge in [-0.05, 0) is 52.2 Å². The van der Waals surface area contributed by atoms with E-state index in [-0.39, 0.29) is 5.63 Å². The predicted molar refractivity (Wildman–Crippen MR) is 103 cm³/mol. The molecule has 0 fully saturated rings. The molecule has 0 aliphatic carbocycles. The number of rotatable bonds is 3. The lowest BCUT2D eigenvalue weighted by Crippen LogP contribution is -2.04. The average Bonchev–Trinajstić information content (AvgIpc) is 2.61. The molecule has 0 aliphatic rings. The van der Waals surface area contributed by atoms with Gasteiger partial charge in [-0.25, -0.2) is 4.79 Å². The molecular weight excluding hydrogens is 415 g/mol. The number of benzene rings is 3. The van der Waals surface area contributed by atoms with Gasteiger partial charge in [0.25, 0.3) is 0 Å². The number of fused-ring (bicyclic) bond motifs is 3. The first kappa shape index (κ1) is 15.2. The zero-order valence-corrected chi connectivity index (χ0v) is 14.8. The van der Waals surface area contributed by atoms with Gasteiger partial charge < -0.3 is 9.15 Å². The van der Waals surface area contributed by atoms with Gasteiger partial charge in [0.2, 0.25) is 0 Å². The highest BCUT2D eigenvalue weighted by atomic mass is 127. The summed E-state index contributed by atoms with van der Waals surface area (Å²) in [5, 5.41) is 2.88. The number of hydrogen-bond donors (Lipinski definition) is 0. The zero-order chi connectivity index (χ0) is 16.5. The predicted octanol–water partition coefficient (Wildman–Crippen LogP) is 5.13. The summed E-state index contributed by atoms with van der Waals surface area (Å²) in [4.78, 5) is 12.0. The molecule has 0 saturated heterocycles. The van der Waals surface area contributed by atoms with Crippen LogP contribution in [0, 0.1) is 3.57 Å². The Labute approximate surface area is 152 Å². The largest absolute Gasteiger partial charge is 0.489 e. The highest BCUT2D eigenvalue weighted by Crippen LogP contribution is 2.27. The van der Waals surface area contributed by atoms with Gasteiger partial charge in [0, 0.05) is 26.0 Å². The summed E-state index contributed by atoms with van der Waals surface area (Å²) in [6.07, 6.45) is 0. The summed E-state index contributed by atoms with van der Waals surface area (Å²) in [7, 11) is 0. The van der Waals surface area contributed by atoms with Crippen LogP contribution in [0.1, 0.15) is 5.56 Å². The summed E-state index contributed by atoms with van der Waals surface area (Å²) in [6, 6.07) is 21.2. The van der Waals surface area contributed by atoms with E-state index in [1.807, 2.05) is 60.7 Å². The second kappa shape index (κ2) is 6.28. The van der Waals surface area contributed by atoms with Crippen molar-refractivity contribution in [2.24, 2.45) is 0 Å². The zero-order valence-electron chi connectivity index (χ0n) is 12.7. The van der Waals surface area contributed by atoms with Crippen molar-refractivity contribution in [3.05, 3.63) is 86.3 Å². The van der Waals surface area contributed by atoms with Crippen LogP contribution < -0.4 is 10.4 Å². The van der Waals surface area contributed by atoms with Crippen molar-refractivity contribution in [2.45, 2.75) is 6.61 Å². The van der Waals surface area contributed by atoms with Crippen molar-refractivity contribution in [1.82, 2.24) is 0 Å².